The summed E-state index contributed by atoms with van der Waals surface area (Å²) in [5.74, 6) is -0.350. The van der Waals surface area contributed by atoms with Crippen LogP contribution in [0, 0.1) is 0 Å². The Bertz CT molecular complexity index is 580. The van der Waals surface area contributed by atoms with Gasteiger partial charge in [-0.05, 0) is 12.0 Å². The molecule has 2 aliphatic heterocycles. The third-order valence-electron chi connectivity index (χ3n) is 4.39. The molecule has 1 aromatic carbocycles. The maximum atomic E-state index is 12.3. The Balaban J connectivity index is 1.52. The van der Waals surface area contributed by atoms with Crippen molar-refractivity contribution in [3.63, 3.8) is 0 Å². The summed E-state index contributed by atoms with van der Waals surface area (Å²) in [7, 11) is 1.35. The van der Waals surface area contributed by atoms with Crippen molar-refractivity contribution in [2.24, 2.45) is 0 Å². The first-order valence-electron chi connectivity index (χ1n) is 8.08. The molecule has 3 atom stereocenters. The van der Waals surface area contributed by atoms with Gasteiger partial charge in [0.15, 0.2) is 0 Å². The van der Waals surface area contributed by atoms with Crippen molar-refractivity contribution in [1.29, 1.82) is 0 Å². The Kier molecular flexibility index (Phi) is 5.32. The number of fused-ring (bicyclic) bond motifs is 1. The molecule has 3 rings (SSSR count). The lowest BCUT2D eigenvalue weighted by atomic mass is 9.99. The summed E-state index contributed by atoms with van der Waals surface area (Å²) in [5.41, 5.74) is 0.950. The lowest BCUT2D eigenvalue weighted by Crippen LogP contribution is -2.64. The summed E-state index contributed by atoms with van der Waals surface area (Å²) in [6.07, 6.45) is 0.370. The monoisotopic (exact) mass is 334 g/mol. The Hall–Kier alpha value is -2.12. The van der Waals surface area contributed by atoms with Crippen LogP contribution in [-0.2, 0) is 25.6 Å². The van der Waals surface area contributed by atoms with Crippen molar-refractivity contribution in [2.45, 2.75) is 31.2 Å². The molecule has 24 heavy (non-hydrogen) atoms. The number of hydrogen-bond acceptors (Lipinski definition) is 6. The van der Waals surface area contributed by atoms with E-state index < -0.39 is 6.04 Å². The molecule has 2 heterocycles. The molecule has 2 aliphatic rings. The van der Waals surface area contributed by atoms with Gasteiger partial charge in [0.1, 0.15) is 12.6 Å². The summed E-state index contributed by atoms with van der Waals surface area (Å²) in [5, 5.41) is 3.22. The summed E-state index contributed by atoms with van der Waals surface area (Å²) in [6.45, 7) is 1.58. The molecule has 0 aliphatic carbocycles. The van der Waals surface area contributed by atoms with Crippen LogP contribution in [0.3, 0.4) is 0 Å². The first kappa shape index (κ1) is 16.7. The van der Waals surface area contributed by atoms with Crippen LogP contribution in [0.2, 0.25) is 0 Å². The highest BCUT2D eigenvalue weighted by atomic mass is 16.6. The molecular weight excluding hydrogens is 312 g/mol. The zero-order valence-electron chi connectivity index (χ0n) is 13.6. The molecule has 0 saturated carbocycles. The molecule has 7 heteroatoms. The largest absolute Gasteiger partial charge is 0.468 e. The second-order valence-electron chi connectivity index (χ2n) is 6.00. The van der Waals surface area contributed by atoms with Crippen LogP contribution < -0.4 is 5.32 Å². The van der Waals surface area contributed by atoms with E-state index in [-0.39, 0.29) is 30.8 Å². The molecule has 1 N–H and O–H groups in total. The second-order valence-corrected chi connectivity index (χ2v) is 6.00. The number of benzene rings is 1. The van der Waals surface area contributed by atoms with Gasteiger partial charge in [0.2, 0.25) is 0 Å². The number of carbonyl (C=O) groups excluding carboxylic acids is 2. The van der Waals surface area contributed by atoms with E-state index in [1.807, 2.05) is 30.3 Å². The molecular formula is C17H22N2O5. The van der Waals surface area contributed by atoms with Gasteiger partial charge in [0.05, 0.1) is 25.9 Å². The molecule has 7 nitrogen and oxygen atoms in total. The molecule has 2 saturated heterocycles. The van der Waals surface area contributed by atoms with Gasteiger partial charge in [-0.25, -0.2) is 4.79 Å². The Morgan fingerprint density at radius 1 is 1.33 bits per heavy atom. The highest BCUT2D eigenvalue weighted by Crippen LogP contribution is 2.20. The predicted octanol–water partition coefficient (Wildman–Crippen LogP) is 0.927. The van der Waals surface area contributed by atoms with Crippen molar-refractivity contribution >= 4 is 12.1 Å². The fourth-order valence-electron chi connectivity index (χ4n) is 3.07. The zero-order chi connectivity index (χ0) is 16.9. The molecule has 1 aromatic rings. The minimum absolute atomic E-state index is 0.00378. The zero-order valence-corrected chi connectivity index (χ0v) is 13.6. The van der Waals surface area contributed by atoms with Gasteiger partial charge in [-0.1, -0.05) is 30.3 Å². The SMILES string of the molecule is COC(=O)C1CO[C@@H]2CCN(C(=O)OCc3ccccc3)C[C@@H]2N1. The predicted molar refractivity (Wildman–Crippen MR) is 85.3 cm³/mol. The summed E-state index contributed by atoms with van der Waals surface area (Å²) in [6, 6.07) is 8.98. The number of rotatable bonds is 3. The molecule has 130 valence electrons. The number of morpholine rings is 1. The maximum absolute atomic E-state index is 12.3. The number of ether oxygens (including phenoxy) is 3. The Morgan fingerprint density at radius 3 is 2.88 bits per heavy atom. The van der Waals surface area contributed by atoms with Crippen LogP contribution in [0.15, 0.2) is 30.3 Å². The Morgan fingerprint density at radius 2 is 2.12 bits per heavy atom. The van der Waals surface area contributed by atoms with Crippen molar-refractivity contribution in [1.82, 2.24) is 10.2 Å². The minimum atomic E-state index is -0.489. The third kappa shape index (κ3) is 3.85. The van der Waals surface area contributed by atoms with Gasteiger partial charge in [0, 0.05) is 13.1 Å². The van der Waals surface area contributed by atoms with E-state index in [0.717, 1.165) is 5.56 Å². The average Bonchev–Trinajstić information content (AvgIpc) is 2.65. The number of carbonyl (C=O) groups is 2. The van der Waals surface area contributed by atoms with Gasteiger partial charge < -0.3 is 19.1 Å². The van der Waals surface area contributed by atoms with Gasteiger partial charge in [0.25, 0.3) is 0 Å². The van der Waals surface area contributed by atoms with Gasteiger partial charge >= 0.3 is 12.1 Å². The van der Waals surface area contributed by atoms with Crippen molar-refractivity contribution in [2.75, 3.05) is 26.8 Å². The molecule has 0 aromatic heterocycles. The first-order valence-corrected chi connectivity index (χ1v) is 8.08. The number of esters is 1. The lowest BCUT2D eigenvalue weighted by molar-refractivity contribution is -0.151. The minimum Gasteiger partial charge on any atom is -0.468 e. The molecule has 1 unspecified atom stereocenters. The smallest absolute Gasteiger partial charge is 0.410 e. The summed E-state index contributed by atoms with van der Waals surface area (Å²) < 4.78 is 15.8. The van der Waals surface area contributed by atoms with E-state index in [4.69, 9.17) is 14.2 Å². The fraction of sp³-hybridized carbons (Fsp3) is 0.529. The van der Waals surface area contributed by atoms with Crippen LogP contribution >= 0.6 is 0 Å². The van der Waals surface area contributed by atoms with Crippen molar-refractivity contribution in [3.8, 4) is 0 Å². The van der Waals surface area contributed by atoms with Crippen LogP contribution in [0.1, 0.15) is 12.0 Å². The van der Waals surface area contributed by atoms with Crippen LogP contribution in [-0.4, -0.2) is 62.0 Å². The number of piperidine rings is 1. The number of nitrogens with zero attached hydrogens (tertiary/aromatic N) is 1. The molecule has 1 amide bonds. The highest BCUT2D eigenvalue weighted by Gasteiger charge is 2.39. The molecule has 0 bridgehead atoms. The number of hydrogen-bond donors (Lipinski definition) is 1. The topological polar surface area (TPSA) is 77.1 Å². The molecule has 0 spiro atoms. The van der Waals surface area contributed by atoms with Gasteiger partial charge in [-0.15, -0.1) is 0 Å². The number of methoxy groups -OCH3 is 1. The van der Waals surface area contributed by atoms with Crippen LogP contribution in [0.4, 0.5) is 4.79 Å². The van der Waals surface area contributed by atoms with Crippen LogP contribution in [0.5, 0.6) is 0 Å². The number of amides is 1. The van der Waals surface area contributed by atoms with E-state index in [0.29, 0.717) is 26.1 Å². The molecule has 0 radical (unpaired) electrons. The maximum Gasteiger partial charge on any atom is 0.410 e. The normalized spacial score (nSPS) is 26.4. The second kappa shape index (κ2) is 7.63. The number of likely N-dealkylation sites (tertiary alicyclic amines) is 1. The van der Waals surface area contributed by atoms with E-state index in [2.05, 4.69) is 5.32 Å². The first-order chi connectivity index (χ1) is 11.7. The van der Waals surface area contributed by atoms with Gasteiger partial charge in [-0.3, -0.25) is 10.1 Å². The fourth-order valence-corrected chi connectivity index (χ4v) is 3.07. The standard InChI is InChI=1S/C17H22N2O5/c1-22-16(20)14-11-23-15-7-8-19(9-13(15)18-14)17(21)24-10-12-5-3-2-4-6-12/h2-6,13-15,18H,7-11H2,1H3/t13-,14?,15+/m0/s1. The van der Waals surface area contributed by atoms with Crippen LogP contribution in [0.25, 0.3) is 0 Å². The van der Waals surface area contributed by atoms with Gasteiger partial charge in [-0.2, -0.15) is 0 Å². The van der Waals surface area contributed by atoms with E-state index in [1.165, 1.54) is 7.11 Å². The van der Waals surface area contributed by atoms with Crippen molar-refractivity contribution in [3.05, 3.63) is 35.9 Å². The van der Waals surface area contributed by atoms with E-state index >= 15 is 0 Å². The molecule has 2 fully saturated rings. The number of nitrogens with one attached hydrogen (secondary N) is 1. The quantitative estimate of drug-likeness (QED) is 0.829. The van der Waals surface area contributed by atoms with Crippen molar-refractivity contribution < 1.29 is 23.8 Å². The third-order valence-corrected chi connectivity index (χ3v) is 4.39. The van der Waals surface area contributed by atoms with E-state index in [1.54, 1.807) is 4.90 Å². The Labute approximate surface area is 140 Å². The van der Waals surface area contributed by atoms with E-state index in [9.17, 15) is 9.59 Å². The summed E-state index contributed by atoms with van der Waals surface area (Å²) in [4.78, 5) is 25.6. The lowest BCUT2D eigenvalue weighted by Gasteiger charge is -2.43. The highest BCUT2D eigenvalue weighted by molar-refractivity contribution is 5.76. The average molecular weight is 334 g/mol. The summed E-state index contributed by atoms with van der Waals surface area (Å²) >= 11 is 0.